The van der Waals surface area contributed by atoms with Gasteiger partial charge in [0.1, 0.15) is 17.5 Å². The summed E-state index contributed by atoms with van der Waals surface area (Å²) in [6.45, 7) is 3.60. The van der Waals surface area contributed by atoms with Crippen LogP contribution in [-0.4, -0.2) is 29.7 Å². The quantitative estimate of drug-likeness (QED) is 0.371. The van der Waals surface area contributed by atoms with E-state index in [-0.39, 0.29) is 23.5 Å². The second-order valence-electron chi connectivity index (χ2n) is 7.32. The van der Waals surface area contributed by atoms with Crippen molar-refractivity contribution in [2.45, 2.75) is 19.9 Å². The summed E-state index contributed by atoms with van der Waals surface area (Å²) in [5.74, 6) is -0.0206. The molecule has 0 fully saturated rings. The largest absolute Gasteiger partial charge is 0.504 e. The van der Waals surface area contributed by atoms with E-state index >= 15 is 0 Å². The van der Waals surface area contributed by atoms with Crippen LogP contribution in [0.3, 0.4) is 0 Å². The number of fused-ring (bicyclic) bond motifs is 1. The molecule has 156 valence electrons. The van der Waals surface area contributed by atoms with E-state index in [1.807, 2.05) is 36.9 Å². The first-order chi connectivity index (χ1) is 14.8. The molecule has 4 aromatic rings. The smallest absolute Gasteiger partial charge is 0.222 e. The number of rotatable bonds is 4. The number of nitrogens with zero attached hydrogens (tertiary/aromatic N) is 5. The Kier molecular flexibility index (Phi) is 4.83. The van der Waals surface area contributed by atoms with E-state index < -0.39 is 0 Å². The lowest BCUT2D eigenvalue weighted by molar-refractivity contribution is 0.404. The minimum Gasteiger partial charge on any atom is -0.504 e. The molecule has 9 nitrogen and oxygen atoms in total. The summed E-state index contributed by atoms with van der Waals surface area (Å²) in [6, 6.07) is 10.3. The molecule has 0 aliphatic rings. The zero-order valence-electron chi connectivity index (χ0n) is 17.2. The Bertz CT molecular complexity index is 1350. The second-order valence-corrected chi connectivity index (χ2v) is 7.32. The van der Waals surface area contributed by atoms with Gasteiger partial charge in [-0.2, -0.15) is 10.2 Å². The minimum atomic E-state index is -0.364. The van der Waals surface area contributed by atoms with E-state index in [0.717, 1.165) is 16.6 Å². The lowest BCUT2D eigenvalue weighted by Gasteiger charge is -2.20. The number of nitriles is 1. The number of nitrogens with two attached hydrogens (primary N) is 1. The van der Waals surface area contributed by atoms with Crippen LogP contribution >= 0.6 is 0 Å². The molecule has 0 bridgehead atoms. The third kappa shape index (κ3) is 3.55. The van der Waals surface area contributed by atoms with Crippen LogP contribution in [0.1, 0.15) is 29.9 Å². The molecule has 0 aliphatic carbocycles. The number of benzene rings is 1. The molecule has 0 saturated heterocycles. The van der Waals surface area contributed by atoms with Crippen LogP contribution in [0.15, 0.2) is 36.5 Å². The summed E-state index contributed by atoms with van der Waals surface area (Å²) in [6.07, 6.45) is 1.92. The predicted octanol–water partition coefficient (Wildman–Crippen LogP) is 3.38. The van der Waals surface area contributed by atoms with Crippen molar-refractivity contribution < 1.29 is 10.2 Å². The van der Waals surface area contributed by atoms with Gasteiger partial charge in [-0.05, 0) is 43.7 Å². The van der Waals surface area contributed by atoms with Crippen molar-refractivity contribution in [2.24, 2.45) is 7.05 Å². The molecule has 1 aromatic carbocycles. The molecule has 1 atom stereocenters. The highest BCUT2D eigenvalue weighted by Gasteiger charge is 2.20. The predicted molar refractivity (Wildman–Crippen MR) is 117 cm³/mol. The van der Waals surface area contributed by atoms with Crippen LogP contribution in [0.2, 0.25) is 0 Å². The second kappa shape index (κ2) is 7.50. The Balaban J connectivity index is 1.86. The third-order valence-electron chi connectivity index (χ3n) is 5.17. The maximum absolute atomic E-state index is 10.0. The maximum Gasteiger partial charge on any atom is 0.222 e. The molecule has 0 amide bonds. The maximum atomic E-state index is 10.0. The van der Waals surface area contributed by atoms with Crippen molar-refractivity contribution in [3.8, 4) is 28.7 Å². The molecule has 0 unspecified atom stereocenters. The average molecular weight is 415 g/mol. The molecule has 3 aromatic heterocycles. The Hall–Kier alpha value is -4.32. The molecule has 0 radical (unpaired) electrons. The highest BCUT2D eigenvalue weighted by atomic mass is 16.3. The van der Waals surface area contributed by atoms with Crippen LogP contribution in [0.4, 0.5) is 11.8 Å². The zero-order chi connectivity index (χ0) is 22.3. The van der Waals surface area contributed by atoms with E-state index in [2.05, 4.69) is 21.4 Å². The fourth-order valence-electron chi connectivity index (χ4n) is 3.56. The van der Waals surface area contributed by atoms with Gasteiger partial charge in [-0.3, -0.25) is 0 Å². The topological polar surface area (TPSA) is 146 Å². The van der Waals surface area contributed by atoms with Crippen molar-refractivity contribution in [1.29, 1.82) is 5.26 Å². The van der Waals surface area contributed by atoms with E-state index in [0.29, 0.717) is 28.3 Å². The molecular weight excluding hydrogens is 394 g/mol. The van der Waals surface area contributed by atoms with Gasteiger partial charge in [0.25, 0.3) is 0 Å². The van der Waals surface area contributed by atoms with Gasteiger partial charge in [0.05, 0.1) is 28.5 Å². The monoisotopic (exact) mass is 415 g/mol. The Labute approximate surface area is 178 Å². The van der Waals surface area contributed by atoms with Gasteiger partial charge in [-0.25, -0.2) is 9.97 Å². The first kappa shape index (κ1) is 20.0. The van der Waals surface area contributed by atoms with Gasteiger partial charge in [-0.1, -0.05) is 6.07 Å². The van der Waals surface area contributed by atoms with Gasteiger partial charge < -0.3 is 25.8 Å². The number of phenols is 2. The average Bonchev–Trinajstić information content (AvgIpc) is 3.09. The number of hydrogen-bond donors (Lipinski definition) is 4. The summed E-state index contributed by atoms with van der Waals surface area (Å²) in [4.78, 5) is 13.1. The number of hydrogen-bond acceptors (Lipinski definition) is 8. The van der Waals surface area contributed by atoms with Crippen molar-refractivity contribution in [2.75, 3.05) is 11.1 Å². The van der Waals surface area contributed by atoms with E-state index in [4.69, 9.17) is 10.7 Å². The molecular formula is C22H21N7O2. The number of pyridine rings is 1. The molecule has 31 heavy (non-hydrogen) atoms. The number of aromatic nitrogens is 4. The number of phenolic OH excluding ortho intramolecular Hbond substituents is 2. The van der Waals surface area contributed by atoms with Crippen molar-refractivity contribution in [1.82, 2.24) is 19.5 Å². The molecule has 0 aliphatic heterocycles. The van der Waals surface area contributed by atoms with Crippen molar-refractivity contribution in [3.05, 3.63) is 53.5 Å². The standard InChI is InChI=1S/C22H21N7O2/c1-11-15(10-23)21(28-22(24)26-11)25-12(2)20-14(13-4-5-18(30)19(31)8-13)9-17-16(27-20)6-7-29(17)3/h4-9,12,30-31H,1-3H3,(H3,24,25,26,28)/t12-/m0/s1. The highest BCUT2D eigenvalue weighted by Crippen LogP contribution is 2.36. The van der Waals surface area contributed by atoms with Gasteiger partial charge >= 0.3 is 0 Å². The number of aryl methyl sites for hydroxylation is 2. The summed E-state index contributed by atoms with van der Waals surface area (Å²) in [7, 11) is 1.93. The third-order valence-corrected chi connectivity index (χ3v) is 5.17. The first-order valence-corrected chi connectivity index (χ1v) is 9.57. The first-order valence-electron chi connectivity index (χ1n) is 9.57. The highest BCUT2D eigenvalue weighted by molar-refractivity contribution is 5.84. The number of anilines is 2. The normalized spacial score (nSPS) is 11.9. The van der Waals surface area contributed by atoms with Crippen LogP contribution < -0.4 is 11.1 Å². The van der Waals surface area contributed by atoms with Crippen LogP contribution in [0.5, 0.6) is 11.5 Å². The summed E-state index contributed by atoms with van der Waals surface area (Å²) >= 11 is 0. The van der Waals surface area contributed by atoms with E-state index in [9.17, 15) is 15.5 Å². The van der Waals surface area contributed by atoms with E-state index in [1.165, 1.54) is 12.1 Å². The van der Waals surface area contributed by atoms with Gasteiger partial charge in [0.2, 0.25) is 5.95 Å². The van der Waals surface area contributed by atoms with Gasteiger partial charge in [0.15, 0.2) is 11.5 Å². The summed E-state index contributed by atoms with van der Waals surface area (Å²) in [5, 5.41) is 32.5. The molecule has 0 saturated carbocycles. The Morgan fingerprint density at radius 2 is 1.90 bits per heavy atom. The van der Waals surface area contributed by atoms with Crippen LogP contribution in [0, 0.1) is 18.3 Å². The molecule has 9 heteroatoms. The molecule has 5 N–H and O–H groups in total. The fraction of sp³-hybridized carbons (Fsp3) is 0.182. The van der Waals surface area contributed by atoms with Gasteiger partial charge in [-0.15, -0.1) is 0 Å². The molecule has 0 spiro atoms. The summed E-state index contributed by atoms with van der Waals surface area (Å²) in [5.41, 5.74) is 10.4. The Morgan fingerprint density at radius 1 is 1.13 bits per heavy atom. The molecule has 3 heterocycles. The van der Waals surface area contributed by atoms with Gasteiger partial charge in [0, 0.05) is 18.8 Å². The van der Waals surface area contributed by atoms with Crippen molar-refractivity contribution in [3.63, 3.8) is 0 Å². The van der Waals surface area contributed by atoms with E-state index in [1.54, 1.807) is 13.0 Å². The SMILES string of the molecule is Cc1nc(N)nc(N[C@@H](C)c2nc3ccn(C)c3cc2-c2ccc(O)c(O)c2)c1C#N. The summed E-state index contributed by atoms with van der Waals surface area (Å²) < 4.78 is 1.95. The number of nitrogens with one attached hydrogen (secondary N) is 1. The Morgan fingerprint density at radius 3 is 2.61 bits per heavy atom. The minimum absolute atomic E-state index is 0.0707. The van der Waals surface area contributed by atoms with Crippen molar-refractivity contribution >= 4 is 22.8 Å². The zero-order valence-corrected chi connectivity index (χ0v) is 17.2. The molecule has 4 rings (SSSR count). The lowest BCUT2D eigenvalue weighted by Crippen LogP contribution is -2.14. The fourth-order valence-corrected chi connectivity index (χ4v) is 3.56. The number of aromatic hydroxyl groups is 2. The lowest BCUT2D eigenvalue weighted by atomic mass is 9.99. The van der Waals surface area contributed by atoms with Crippen LogP contribution in [-0.2, 0) is 7.05 Å². The number of nitrogen functional groups attached to an aromatic ring is 1. The van der Waals surface area contributed by atoms with Crippen LogP contribution in [0.25, 0.3) is 22.2 Å².